The van der Waals surface area contributed by atoms with Crippen LogP contribution in [0.5, 0.6) is 0 Å². The second kappa shape index (κ2) is 6.41. The largest absolute Gasteiger partial charge is 0.345 e. The Morgan fingerprint density at radius 1 is 1.14 bits per heavy atom. The van der Waals surface area contributed by atoms with Crippen molar-refractivity contribution in [1.29, 1.82) is 0 Å². The molecule has 2 aromatic rings. The van der Waals surface area contributed by atoms with Crippen molar-refractivity contribution in [3.8, 4) is 0 Å². The number of hydrogen-bond acceptors (Lipinski definition) is 1. The summed E-state index contributed by atoms with van der Waals surface area (Å²) in [6.07, 6.45) is 0. The number of halogens is 4. The minimum Gasteiger partial charge on any atom is -0.345 e. The number of carbonyl (C=O) groups is 1. The highest BCUT2D eigenvalue weighted by molar-refractivity contribution is 6.35. The molecule has 1 N–H and O–H groups in total. The molecule has 0 aliphatic rings. The lowest BCUT2D eigenvalue weighted by Crippen LogP contribution is -2.27. The van der Waals surface area contributed by atoms with Gasteiger partial charge < -0.3 is 5.32 Å². The van der Waals surface area contributed by atoms with Crippen LogP contribution in [0.3, 0.4) is 0 Å². The fourth-order valence-electron chi connectivity index (χ4n) is 1.88. The predicted molar refractivity (Wildman–Crippen MR) is 78.7 cm³/mol. The zero-order valence-corrected chi connectivity index (χ0v) is 12.5. The molecule has 2 nitrogen and oxygen atoms in total. The summed E-state index contributed by atoms with van der Waals surface area (Å²) in [5.41, 5.74) is 0.422. The molecule has 2 aromatic carbocycles. The molecule has 0 saturated heterocycles. The molecule has 0 spiro atoms. The molecule has 1 atom stereocenters. The van der Waals surface area contributed by atoms with Crippen molar-refractivity contribution in [1.82, 2.24) is 5.32 Å². The lowest BCUT2D eigenvalue weighted by atomic mass is 10.1. The zero-order chi connectivity index (χ0) is 15.6. The Morgan fingerprint density at radius 3 is 2.48 bits per heavy atom. The van der Waals surface area contributed by atoms with Crippen LogP contribution in [0, 0.1) is 11.6 Å². The average molecular weight is 330 g/mol. The normalized spacial score (nSPS) is 12.0. The van der Waals surface area contributed by atoms with Gasteiger partial charge >= 0.3 is 0 Å². The Balaban J connectivity index is 2.18. The van der Waals surface area contributed by atoms with E-state index in [0.29, 0.717) is 21.7 Å². The Labute approximate surface area is 130 Å². The van der Waals surface area contributed by atoms with E-state index < -0.39 is 23.6 Å². The first-order valence-corrected chi connectivity index (χ1v) is 6.85. The van der Waals surface area contributed by atoms with E-state index in [4.69, 9.17) is 23.2 Å². The summed E-state index contributed by atoms with van der Waals surface area (Å²) in [5, 5.41) is 3.48. The van der Waals surface area contributed by atoms with E-state index in [2.05, 4.69) is 5.32 Å². The molecule has 1 amide bonds. The molecular weight excluding hydrogens is 319 g/mol. The molecule has 21 heavy (non-hydrogen) atoms. The van der Waals surface area contributed by atoms with Crippen LogP contribution < -0.4 is 5.32 Å². The number of carbonyl (C=O) groups excluding carboxylic acids is 1. The molecule has 0 aliphatic heterocycles. The van der Waals surface area contributed by atoms with Gasteiger partial charge in [0.1, 0.15) is 11.6 Å². The Kier molecular flexibility index (Phi) is 4.80. The van der Waals surface area contributed by atoms with Gasteiger partial charge in [-0.05, 0) is 36.8 Å². The third-order valence-electron chi connectivity index (χ3n) is 2.95. The molecule has 0 heterocycles. The first kappa shape index (κ1) is 15.7. The van der Waals surface area contributed by atoms with Gasteiger partial charge in [0.15, 0.2) is 0 Å². The molecule has 110 valence electrons. The second-order valence-electron chi connectivity index (χ2n) is 4.49. The molecular formula is C15H11Cl2F2NO. The summed E-state index contributed by atoms with van der Waals surface area (Å²) in [6, 6.07) is 7.20. The maximum Gasteiger partial charge on any atom is 0.254 e. The third kappa shape index (κ3) is 3.71. The monoisotopic (exact) mass is 329 g/mol. The number of nitrogens with one attached hydrogen (secondary N) is 1. The minimum absolute atomic E-state index is 0.228. The van der Waals surface area contributed by atoms with Gasteiger partial charge in [-0.25, -0.2) is 8.78 Å². The molecule has 6 heteroatoms. The first-order chi connectivity index (χ1) is 9.88. The van der Waals surface area contributed by atoms with Gasteiger partial charge in [-0.1, -0.05) is 29.3 Å². The lowest BCUT2D eigenvalue weighted by molar-refractivity contribution is 0.0936. The van der Waals surface area contributed by atoms with Crippen molar-refractivity contribution >= 4 is 29.1 Å². The van der Waals surface area contributed by atoms with Crippen LogP contribution in [0.1, 0.15) is 28.9 Å². The fourth-order valence-corrected chi connectivity index (χ4v) is 2.45. The van der Waals surface area contributed by atoms with E-state index in [0.717, 1.165) is 12.1 Å². The van der Waals surface area contributed by atoms with Gasteiger partial charge in [-0.3, -0.25) is 4.79 Å². The van der Waals surface area contributed by atoms with Crippen molar-refractivity contribution in [3.63, 3.8) is 0 Å². The fraction of sp³-hybridized carbons (Fsp3) is 0.133. The maximum atomic E-state index is 13.5. The van der Waals surface area contributed by atoms with Crippen LogP contribution in [0.4, 0.5) is 8.78 Å². The summed E-state index contributed by atoms with van der Waals surface area (Å²) in [4.78, 5) is 12.0. The van der Waals surface area contributed by atoms with Crippen LogP contribution in [0.2, 0.25) is 10.0 Å². The van der Waals surface area contributed by atoms with Crippen molar-refractivity contribution in [2.45, 2.75) is 13.0 Å². The molecule has 0 unspecified atom stereocenters. The number of amides is 1. The highest BCUT2D eigenvalue weighted by Gasteiger charge is 2.17. The van der Waals surface area contributed by atoms with Crippen molar-refractivity contribution in [2.75, 3.05) is 0 Å². The number of rotatable bonds is 3. The highest BCUT2D eigenvalue weighted by atomic mass is 35.5. The molecule has 0 aliphatic carbocycles. The van der Waals surface area contributed by atoms with E-state index >= 15 is 0 Å². The van der Waals surface area contributed by atoms with Crippen molar-refractivity contribution in [3.05, 3.63) is 69.2 Å². The van der Waals surface area contributed by atoms with E-state index in [1.807, 2.05) is 0 Å². The lowest BCUT2D eigenvalue weighted by Gasteiger charge is -2.16. The van der Waals surface area contributed by atoms with Crippen LogP contribution in [-0.2, 0) is 0 Å². The highest BCUT2D eigenvalue weighted by Crippen LogP contribution is 2.26. The topological polar surface area (TPSA) is 29.1 Å². The molecule has 2 rings (SSSR count). The summed E-state index contributed by atoms with van der Waals surface area (Å²) < 4.78 is 26.4. The smallest absolute Gasteiger partial charge is 0.254 e. The SMILES string of the molecule is C[C@H](NC(=O)c1ccc(F)cc1F)c1ccc(Cl)cc1Cl. The molecule has 0 saturated carbocycles. The van der Waals surface area contributed by atoms with E-state index in [1.165, 1.54) is 0 Å². The Bertz CT molecular complexity index is 691. The summed E-state index contributed by atoms with van der Waals surface area (Å²) in [7, 11) is 0. The van der Waals surface area contributed by atoms with Crippen LogP contribution >= 0.6 is 23.2 Å². The van der Waals surface area contributed by atoms with Crippen LogP contribution in [0.25, 0.3) is 0 Å². The minimum atomic E-state index is -0.915. The van der Waals surface area contributed by atoms with Crippen LogP contribution in [0.15, 0.2) is 36.4 Å². The third-order valence-corrected chi connectivity index (χ3v) is 3.51. The van der Waals surface area contributed by atoms with Gasteiger partial charge in [0.25, 0.3) is 5.91 Å². The summed E-state index contributed by atoms with van der Waals surface area (Å²) in [5.74, 6) is -2.30. The van der Waals surface area contributed by atoms with Crippen LogP contribution in [-0.4, -0.2) is 5.91 Å². The number of benzene rings is 2. The average Bonchev–Trinajstić information content (AvgIpc) is 2.37. The zero-order valence-electron chi connectivity index (χ0n) is 11.0. The number of hydrogen-bond donors (Lipinski definition) is 1. The van der Waals surface area contributed by atoms with Gasteiger partial charge in [0.2, 0.25) is 0 Å². The van der Waals surface area contributed by atoms with Crippen molar-refractivity contribution < 1.29 is 13.6 Å². The Morgan fingerprint density at radius 2 is 1.86 bits per heavy atom. The predicted octanol–water partition coefficient (Wildman–Crippen LogP) is 4.76. The van der Waals surface area contributed by atoms with Gasteiger partial charge in [0.05, 0.1) is 11.6 Å². The molecule has 0 fully saturated rings. The summed E-state index contributed by atoms with van der Waals surface area (Å²) in [6.45, 7) is 1.70. The van der Waals surface area contributed by atoms with Gasteiger partial charge in [0, 0.05) is 16.1 Å². The summed E-state index contributed by atoms with van der Waals surface area (Å²) >= 11 is 11.8. The van der Waals surface area contributed by atoms with E-state index in [1.54, 1.807) is 25.1 Å². The molecule has 0 bridgehead atoms. The molecule has 0 aromatic heterocycles. The van der Waals surface area contributed by atoms with Gasteiger partial charge in [-0.15, -0.1) is 0 Å². The van der Waals surface area contributed by atoms with Crippen molar-refractivity contribution in [2.24, 2.45) is 0 Å². The first-order valence-electron chi connectivity index (χ1n) is 6.09. The molecule has 0 radical (unpaired) electrons. The van der Waals surface area contributed by atoms with Gasteiger partial charge in [-0.2, -0.15) is 0 Å². The van der Waals surface area contributed by atoms with E-state index in [-0.39, 0.29) is 5.56 Å². The second-order valence-corrected chi connectivity index (χ2v) is 5.33. The van der Waals surface area contributed by atoms with E-state index in [9.17, 15) is 13.6 Å². The Hall–Kier alpha value is -1.65. The standard InChI is InChI=1S/C15H11Cl2F2NO/c1-8(11-4-2-9(16)6-13(11)17)20-15(21)12-5-3-10(18)7-14(12)19/h2-8H,1H3,(H,20,21)/t8-/m0/s1. The quantitative estimate of drug-likeness (QED) is 0.863. The maximum absolute atomic E-state index is 13.5.